The quantitative estimate of drug-likeness (QED) is 0.766. The van der Waals surface area contributed by atoms with Gasteiger partial charge in [-0.25, -0.2) is 4.68 Å². The largest absolute Gasteiger partial charge is 0.384 e. The summed E-state index contributed by atoms with van der Waals surface area (Å²) in [6.45, 7) is 2.07. The van der Waals surface area contributed by atoms with E-state index >= 15 is 0 Å². The Labute approximate surface area is 126 Å². The summed E-state index contributed by atoms with van der Waals surface area (Å²) in [5.74, 6) is 0.625. The molecule has 2 aromatic carbocycles. The predicted molar refractivity (Wildman–Crippen MR) is 85.8 cm³/mol. The van der Waals surface area contributed by atoms with Crippen LogP contribution in [0, 0.1) is 6.92 Å². The molecule has 0 aliphatic rings. The molecule has 0 amide bonds. The summed E-state index contributed by atoms with van der Waals surface area (Å²) in [6, 6.07) is 18.1. The average molecular weight is 328 g/mol. The van der Waals surface area contributed by atoms with Gasteiger partial charge in [0.25, 0.3) is 0 Å². The maximum absolute atomic E-state index is 6.08. The highest BCUT2D eigenvalue weighted by Crippen LogP contribution is 2.24. The number of nitrogens with zero attached hydrogens (tertiary/aromatic N) is 2. The van der Waals surface area contributed by atoms with E-state index in [-0.39, 0.29) is 0 Å². The maximum Gasteiger partial charge on any atom is 0.127 e. The van der Waals surface area contributed by atoms with Crippen molar-refractivity contribution in [2.45, 2.75) is 6.92 Å². The highest BCUT2D eigenvalue weighted by Gasteiger charge is 2.09. The lowest BCUT2D eigenvalue weighted by Crippen LogP contribution is -2.01. The molecule has 0 saturated heterocycles. The predicted octanol–water partition coefficient (Wildman–Crippen LogP) is 4.19. The minimum absolute atomic E-state index is 0.625. The van der Waals surface area contributed by atoms with Gasteiger partial charge in [0.2, 0.25) is 0 Å². The first-order valence-corrected chi connectivity index (χ1v) is 7.11. The number of rotatable bonds is 2. The van der Waals surface area contributed by atoms with Crippen molar-refractivity contribution >= 4 is 21.7 Å². The third kappa shape index (κ3) is 2.47. The van der Waals surface area contributed by atoms with Crippen molar-refractivity contribution in [1.82, 2.24) is 9.78 Å². The Morgan fingerprint density at radius 3 is 2.60 bits per heavy atom. The lowest BCUT2D eigenvalue weighted by molar-refractivity contribution is 0.894. The van der Waals surface area contributed by atoms with Gasteiger partial charge in [0.15, 0.2) is 0 Å². The molecule has 0 spiro atoms. The molecule has 4 heteroatoms. The van der Waals surface area contributed by atoms with Crippen LogP contribution in [0.15, 0.2) is 59.1 Å². The van der Waals surface area contributed by atoms with Gasteiger partial charge in [-0.1, -0.05) is 45.8 Å². The summed E-state index contributed by atoms with van der Waals surface area (Å²) in [7, 11) is 0. The van der Waals surface area contributed by atoms with Crippen LogP contribution in [0.4, 0.5) is 5.82 Å². The van der Waals surface area contributed by atoms with Crippen LogP contribution in [-0.2, 0) is 0 Å². The van der Waals surface area contributed by atoms with Crippen molar-refractivity contribution in [1.29, 1.82) is 0 Å². The fourth-order valence-corrected chi connectivity index (χ4v) is 2.54. The van der Waals surface area contributed by atoms with Gasteiger partial charge < -0.3 is 5.73 Å². The smallest absolute Gasteiger partial charge is 0.127 e. The Kier molecular flexibility index (Phi) is 3.32. The molecule has 3 aromatic rings. The molecule has 0 radical (unpaired) electrons. The molecule has 3 rings (SSSR count). The monoisotopic (exact) mass is 327 g/mol. The molecule has 0 bridgehead atoms. The second-order valence-electron chi connectivity index (χ2n) is 4.72. The van der Waals surface area contributed by atoms with E-state index in [0.29, 0.717) is 5.82 Å². The second kappa shape index (κ2) is 5.13. The third-order valence-electron chi connectivity index (χ3n) is 3.10. The van der Waals surface area contributed by atoms with Crippen molar-refractivity contribution in [3.63, 3.8) is 0 Å². The molecule has 0 atom stereocenters. The minimum Gasteiger partial charge on any atom is -0.384 e. The topological polar surface area (TPSA) is 43.8 Å². The standard InChI is InChI=1S/C16H14BrN3/c1-11-4-2-5-12(8-11)15-10-16(18)20(19-15)14-7-3-6-13(17)9-14/h2-10H,18H2,1H3. The SMILES string of the molecule is Cc1cccc(-c2cc(N)n(-c3cccc(Br)c3)n2)c1. The Bertz CT molecular complexity index is 762. The first-order valence-electron chi connectivity index (χ1n) is 6.32. The van der Waals surface area contributed by atoms with Crippen LogP contribution in [0.3, 0.4) is 0 Å². The summed E-state index contributed by atoms with van der Waals surface area (Å²) < 4.78 is 2.75. The number of aromatic nitrogens is 2. The van der Waals surface area contributed by atoms with E-state index in [1.165, 1.54) is 5.56 Å². The third-order valence-corrected chi connectivity index (χ3v) is 3.60. The number of hydrogen-bond donors (Lipinski definition) is 1. The fourth-order valence-electron chi connectivity index (χ4n) is 2.16. The molecule has 0 fully saturated rings. The van der Waals surface area contributed by atoms with E-state index in [4.69, 9.17) is 5.73 Å². The van der Waals surface area contributed by atoms with Gasteiger partial charge in [-0.05, 0) is 31.2 Å². The number of hydrogen-bond acceptors (Lipinski definition) is 2. The Hall–Kier alpha value is -2.07. The second-order valence-corrected chi connectivity index (χ2v) is 5.63. The Balaban J connectivity index is 2.08. The summed E-state index contributed by atoms with van der Waals surface area (Å²) in [5, 5.41) is 4.60. The van der Waals surface area contributed by atoms with Gasteiger partial charge >= 0.3 is 0 Å². The highest BCUT2D eigenvalue weighted by molar-refractivity contribution is 9.10. The molecule has 3 nitrogen and oxygen atoms in total. The number of aryl methyl sites for hydroxylation is 1. The van der Waals surface area contributed by atoms with E-state index < -0.39 is 0 Å². The number of anilines is 1. The van der Waals surface area contributed by atoms with Gasteiger partial charge in [0.1, 0.15) is 5.82 Å². The van der Waals surface area contributed by atoms with Crippen LogP contribution >= 0.6 is 15.9 Å². The fraction of sp³-hybridized carbons (Fsp3) is 0.0625. The summed E-state index contributed by atoms with van der Waals surface area (Å²) in [5.41, 5.74) is 10.2. The van der Waals surface area contributed by atoms with Crippen molar-refractivity contribution in [2.75, 3.05) is 5.73 Å². The zero-order chi connectivity index (χ0) is 14.1. The first-order chi connectivity index (χ1) is 9.63. The maximum atomic E-state index is 6.08. The van der Waals surface area contributed by atoms with Crippen molar-refractivity contribution in [2.24, 2.45) is 0 Å². The minimum atomic E-state index is 0.625. The van der Waals surface area contributed by atoms with E-state index in [1.54, 1.807) is 4.68 Å². The number of halogens is 1. The highest BCUT2D eigenvalue weighted by atomic mass is 79.9. The zero-order valence-corrected chi connectivity index (χ0v) is 12.6. The molecule has 2 N–H and O–H groups in total. The molecular weight excluding hydrogens is 314 g/mol. The molecule has 20 heavy (non-hydrogen) atoms. The molecule has 1 heterocycles. The summed E-state index contributed by atoms with van der Waals surface area (Å²) >= 11 is 3.46. The molecule has 1 aromatic heterocycles. The van der Waals surface area contributed by atoms with E-state index in [2.05, 4.69) is 40.1 Å². The molecular formula is C16H14BrN3. The number of benzene rings is 2. The lowest BCUT2D eigenvalue weighted by Gasteiger charge is -2.04. The van der Waals surface area contributed by atoms with Gasteiger partial charge in [0, 0.05) is 16.1 Å². The van der Waals surface area contributed by atoms with Crippen molar-refractivity contribution in [3.05, 3.63) is 64.6 Å². The number of nitrogens with two attached hydrogens (primary N) is 1. The van der Waals surface area contributed by atoms with E-state index in [1.807, 2.05) is 42.5 Å². The van der Waals surface area contributed by atoms with Crippen LogP contribution in [0.2, 0.25) is 0 Å². The van der Waals surface area contributed by atoms with Crippen molar-refractivity contribution < 1.29 is 0 Å². The van der Waals surface area contributed by atoms with Crippen LogP contribution < -0.4 is 5.73 Å². The van der Waals surface area contributed by atoms with Gasteiger partial charge in [-0.3, -0.25) is 0 Å². The number of nitrogen functional groups attached to an aromatic ring is 1. The van der Waals surface area contributed by atoms with Crippen molar-refractivity contribution in [3.8, 4) is 16.9 Å². The molecule has 0 aliphatic carbocycles. The van der Waals surface area contributed by atoms with Crippen LogP contribution in [0.5, 0.6) is 0 Å². The molecule has 0 saturated carbocycles. The Morgan fingerprint density at radius 2 is 1.85 bits per heavy atom. The average Bonchev–Trinajstić information content (AvgIpc) is 2.81. The first kappa shape index (κ1) is 12.9. The van der Waals surface area contributed by atoms with E-state index in [9.17, 15) is 0 Å². The van der Waals surface area contributed by atoms with E-state index in [0.717, 1.165) is 21.4 Å². The summed E-state index contributed by atoms with van der Waals surface area (Å²) in [4.78, 5) is 0. The van der Waals surface area contributed by atoms with Gasteiger partial charge in [-0.2, -0.15) is 5.10 Å². The zero-order valence-electron chi connectivity index (χ0n) is 11.0. The van der Waals surface area contributed by atoms with Gasteiger partial charge in [-0.15, -0.1) is 0 Å². The van der Waals surface area contributed by atoms with Crippen LogP contribution in [0.25, 0.3) is 16.9 Å². The molecule has 0 unspecified atom stereocenters. The lowest BCUT2D eigenvalue weighted by atomic mass is 10.1. The van der Waals surface area contributed by atoms with Crippen LogP contribution in [-0.4, -0.2) is 9.78 Å². The summed E-state index contributed by atoms with van der Waals surface area (Å²) in [6.07, 6.45) is 0. The Morgan fingerprint density at radius 1 is 1.05 bits per heavy atom. The molecule has 0 aliphatic heterocycles. The van der Waals surface area contributed by atoms with Crippen LogP contribution in [0.1, 0.15) is 5.56 Å². The normalized spacial score (nSPS) is 10.7. The van der Waals surface area contributed by atoms with Gasteiger partial charge in [0.05, 0.1) is 11.4 Å². The molecule has 100 valence electrons.